The molecule has 0 amide bonds. The Labute approximate surface area is 324 Å². The van der Waals surface area contributed by atoms with Gasteiger partial charge in [0.25, 0.3) is 0 Å². The minimum atomic E-state index is -0.291. The summed E-state index contributed by atoms with van der Waals surface area (Å²) >= 11 is 0. The summed E-state index contributed by atoms with van der Waals surface area (Å²) in [6.45, 7) is 0. The summed E-state index contributed by atoms with van der Waals surface area (Å²) in [5.41, 5.74) is 13.0. The van der Waals surface area contributed by atoms with Gasteiger partial charge in [-0.3, -0.25) is 5.32 Å². The van der Waals surface area contributed by atoms with Crippen LogP contribution in [0.3, 0.4) is 0 Å². The summed E-state index contributed by atoms with van der Waals surface area (Å²) in [5, 5.41) is 12.1. The van der Waals surface area contributed by atoms with Crippen molar-refractivity contribution in [3.8, 4) is 27.9 Å². The quantitative estimate of drug-likeness (QED) is 0.180. The van der Waals surface area contributed by atoms with Crippen molar-refractivity contribution >= 4 is 49.6 Å². The number of nitrogens with zero attached hydrogens (tertiary/aromatic N) is 2. The van der Waals surface area contributed by atoms with Gasteiger partial charge in [-0.25, -0.2) is 4.99 Å². The molecule has 0 bridgehead atoms. The molecule has 0 saturated heterocycles. The van der Waals surface area contributed by atoms with Crippen LogP contribution < -0.4 is 10.6 Å². The van der Waals surface area contributed by atoms with Gasteiger partial charge in [0.05, 0.1) is 11.0 Å². The Balaban J connectivity index is 1.09. The summed E-state index contributed by atoms with van der Waals surface area (Å²) in [4.78, 5) is 5.41. The van der Waals surface area contributed by atoms with Crippen LogP contribution in [0, 0.1) is 0 Å². The van der Waals surface area contributed by atoms with E-state index in [4.69, 9.17) is 9.41 Å². The van der Waals surface area contributed by atoms with Crippen molar-refractivity contribution in [3.05, 3.63) is 211 Å². The lowest BCUT2D eigenvalue weighted by Crippen LogP contribution is -2.45. The monoisotopic (exact) mass is 720 g/mol. The van der Waals surface area contributed by atoms with E-state index in [9.17, 15) is 0 Å². The van der Waals surface area contributed by atoms with E-state index in [1.165, 1.54) is 27.5 Å². The highest BCUT2D eigenvalue weighted by Gasteiger charge is 2.27. The van der Waals surface area contributed by atoms with E-state index < -0.39 is 0 Å². The minimum absolute atomic E-state index is 0.172. The fourth-order valence-electron chi connectivity index (χ4n) is 8.41. The molecule has 0 saturated carbocycles. The normalized spacial score (nSPS) is 15.7. The Morgan fingerprint density at radius 3 is 1.93 bits per heavy atom. The summed E-state index contributed by atoms with van der Waals surface area (Å²) in [6, 6.07) is 68.6. The van der Waals surface area contributed by atoms with Crippen molar-refractivity contribution in [3.63, 3.8) is 0 Å². The molecule has 5 nitrogen and oxygen atoms in total. The lowest BCUT2D eigenvalue weighted by atomic mass is 10.00. The van der Waals surface area contributed by atoms with Crippen LogP contribution in [0.15, 0.2) is 204 Å². The third-order valence-electron chi connectivity index (χ3n) is 11.1. The summed E-state index contributed by atoms with van der Waals surface area (Å²) in [7, 11) is 0. The third kappa shape index (κ3) is 5.48. The van der Waals surface area contributed by atoms with Crippen LogP contribution in [0.4, 0.5) is 0 Å². The molecule has 2 N–H and O–H groups in total. The molecule has 1 aliphatic heterocycles. The number of rotatable bonds is 6. The van der Waals surface area contributed by atoms with E-state index in [0.717, 1.165) is 66.7 Å². The van der Waals surface area contributed by atoms with E-state index in [2.05, 4.69) is 209 Å². The third-order valence-corrected chi connectivity index (χ3v) is 11.1. The lowest BCUT2D eigenvalue weighted by molar-refractivity contribution is 0.409. The molecule has 8 aromatic carbocycles. The maximum Gasteiger partial charge on any atom is 0.136 e. The molecule has 0 aliphatic carbocycles. The van der Waals surface area contributed by atoms with Gasteiger partial charge in [0.15, 0.2) is 0 Å². The van der Waals surface area contributed by atoms with Crippen molar-refractivity contribution in [2.45, 2.75) is 12.3 Å². The fourth-order valence-corrected chi connectivity index (χ4v) is 8.41. The van der Waals surface area contributed by atoms with Gasteiger partial charge in [-0.15, -0.1) is 0 Å². The molecule has 2 aromatic heterocycles. The average molecular weight is 721 g/mol. The SMILES string of the molecule is c1ccc(-c2cccc(C3N=C(c4cccc5oc6ccc(-n7c8ccccc8c8ccc(-c9ccccc9)cc87)cc6c45)NC(c4ccccc4)N3)c2)cc1. The molecule has 0 spiro atoms. The summed E-state index contributed by atoms with van der Waals surface area (Å²) < 4.78 is 8.98. The highest BCUT2D eigenvalue weighted by molar-refractivity contribution is 6.18. The first-order valence-corrected chi connectivity index (χ1v) is 19.1. The zero-order chi connectivity index (χ0) is 37.0. The molecule has 266 valence electrons. The number of hydrogen-bond acceptors (Lipinski definition) is 4. The van der Waals surface area contributed by atoms with E-state index >= 15 is 0 Å². The van der Waals surface area contributed by atoms with Crippen LogP contribution in [0.25, 0.3) is 71.7 Å². The second-order valence-corrected chi connectivity index (χ2v) is 14.4. The zero-order valence-corrected chi connectivity index (χ0v) is 30.4. The van der Waals surface area contributed by atoms with E-state index in [1.807, 2.05) is 0 Å². The number of nitrogens with one attached hydrogen (secondary N) is 2. The van der Waals surface area contributed by atoms with Gasteiger partial charge in [0, 0.05) is 32.8 Å². The van der Waals surface area contributed by atoms with E-state index in [-0.39, 0.29) is 12.3 Å². The summed E-state index contributed by atoms with van der Waals surface area (Å²) in [6.07, 6.45) is -0.463. The predicted molar refractivity (Wildman–Crippen MR) is 230 cm³/mol. The number of aliphatic imine (C=N–C) groups is 1. The molecular weight excluding hydrogens is 685 g/mol. The second-order valence-electron chi connectivity index (χ2n) is 14.4. The Morgan fingerprint density at radius 2 is 1.12 bits per heavy atom. The number of amidine groups is 1. The Bertz CT molecular complexity index is 3090. The Hall–Kier alpha value is -7.21. The molecule has 1 aliphatic rings. The molecule has 5 heteroatoms. The molecule has 2 atom stereocenters. The fraction of sp³-hybridized carbons (Fsp3) is 0.0392. The molecule has 11 rings (SSSR count). The lowest BCUT2D eigenvalue weighted by Gasteiger charge is -2.32. The van der Waals surface area contributed by atoms with Gasteiger partial charge in [0.2, 0.25) is 0 Å². The first kappa shape index (κ1) is 32.2. The highest BCUT2D eigenvalue weighted by atomic mass is 16.3. The van der Waals surface area contributed by atoms with Crippen molar-refractivity contribution in [2.75, 3.05) is 0 Å². The molecule has 56 heavy (non-hydrogen) atoms. The topological polar surface area (TPSA) is 54.5 Å². The Morgan fingerprint density at radius 1 is 0.464 bits per heavy atom. The molecule has 2 unspecified atom stereocenters. The molecular formula is C51H36N4O. The van der Waals surface area contributed by atoms with Gasteiger partial charge >= 0.3 is 0 Å². The maximum absolute atomic E-state index is 6.59. The van der Waals surface area contributed by atoms with Crippen LogP contribution in [0.2, 0.25) is 0 Å². The number of hydrogen-bond donors (Lipinski definition) is 2. The first-order chi connectivity index (χ1) is 27.7. The van der Waals surface area contributed by atoms with E-state index in [1.54, 1.807) is 0 Å². The number of para-hydroxylation sites is 1. The van der Waals surface area contributed by atoms with Gasteiger partial charge in [0.1, 0.15) is 29.3 Å². The molecule has 0 fully saturated rings. The van der Waals surface area contributed by atoms with Gasteiger partial charge in [-0.2, -0.15) is 0 Å². The largest absolute Gasteiger partial charge is 0.456 e. The zero-order valence-electron chi connectivity index (χ0n) is 30.4. The maximum atomic E-state index is 6.59. The van der Waals surface area contributed by atoms with Crippen molar-refractivity contribution in [1.29, 1.82) is 0 Å². The Kier molecular flexibility index (Phi) is 7.64. The van der Waals surface area contributed by atoms with Crippen molar-refractivity contribution < 1.29 is 4.42 Å². The number of fused-ring (bicyclic) bond motifs is 6. The van der Waals surface area contributed by atoms with Crippen LogP contribution >= 0.6 is 0 Å². The van der Waals surface area contributed by atoms with Crippen LogP contribution in [0.5, 0.6) is 0 Å². The average Bonchev–Trinajstić information content (AvgIpc) is 3.82. The minimum Gasteiger partial charge on any atom is -0.456 e. The van der Waals surface area contributed by atoms with Crippen LogP contribution in [-0.4, -0.2) is 10.4 Å². The van der Waals surface area contributed by atoms with Crippen LogP contribution in [-0.2, 0) is 0 Å². The molecule has 0 radical (unpaired) electrons. The highest BCUT2D eigenvalue weighted by Crippen LogP contribution is 2.39. The standard InChI is InChI=1S/C51H36N4O/c1-4-14-33(15-5-1)36-20-12-21-38(30-36)50-52-49(35-18-8-3-9-19-35)53-51(54-50)42-23-13-25-47-48(42)43-32-39(27-29-46(43)56-47)55-44-24-11-10-22-40(44)41-28-26-37(31-45(41)55)34-16-6-2-7-17-34/h1-32,49-50,52H,(H,53,54). The number of furan rings is 1. The van der Waals surface area contributed by atoms with Gasteiger partial charge in [-0.1, -0.05) is 152 Å². The van der Waals surface area contributed by atoms with E-state index in [0.29, 0.717) is 0 Å². The number of aromatic nitrogens is 1. The van der Waals surface area contributed by atoms with Crippen molar-refractivity contribution in [1.82, 2.24) is 15.2 Å². The molecule has 3 heterocycles. The number of benzene rings is 8. The molecule has 10 aromatic rings. The predicted octanol–water partition coefficient (Wildman–Crippen LogP) is 12.4. The smallest absolute Gasteiger partial charge is 0.136 e. The first-order valence-electron chi connectivity index (χ1n) is 19.1. The summed E-state index contributed by atoms with van der Waals surface area (Å²) in [5.74, 6) is 0.816. The van der Waals surface area contributed by atoms with Gasteiger partial charge < -0.3 is 14.3 Å². The van der Waals surface area contributed by atoms with Gasteiger partial charge in [-0.05, 0) is 75.8 Å². The van der Waals surface area contributed by atoms with Crippen molar-refractivity contribution in [2.24, 2.45) is 4.99 Å². The van der Waals surface area contributed by atoms with Crippen LogP contribution in [0.1, 0.15) is 29.0 Å². The second kappa shape index (κ2) is 13.3.